The molecule has 0 aliphatic heterocycles. The van der Waals surface area contributed by atoms with E-state index in [1.165, 1.54) is 43.6 Å². The second kappa shape index (κ2) is 11.6. The van der Waals surface area contributed by atoms with Gasteiger partial charge in [-0.1, -0.05) is 36.3 Å². The van der Waals surface area contributed by atoms with Gasteiger partial charge in [0.2, 0.25) is 11.6 Å². The minimum atomic E-state index is -0.770. The van der Waals surface area contributed by atoms with Crippen molar-refractivity contribution < 1.29 is 32.4 Å². The first-order valence-electron chi connectivity index (χ1n) is 11.7. The highest BCUT2D eigenvalue weighted by Crippen LogP contribution is 2.32. The van der Waals surface area contributed by atoms with Crippen LogP contribution in [0.25, 0.3) is 0 Å². The molecule has 1 amide bonds. The summed E-state index contributed by atoms with van der Waals surface area (Å²) in [6, 6.07) is 12.2. The summed E-state index contributed by atoms with van der Waals surface area (Å²) >= 11 is 0. The second-order valence-electron chi connectivity index (χ2n) is 8.24. The van der Waals surface area contributed by atoms with E-state index < -0.39 is 35.5 Å². The number of nitrogens with one attached hydrogen (secondary N) is 1. The van der Waals surface area contributed by atoms with Crippen molar-refractivity contribution >= 4 is 11.9 Å². The molecule has 0 bridgehead atoms. The Balaban J connectivity index is 1.61. The van der Waals surface area contributed by atoms with Crippen LogP contribution >= 0.6 is 0 Å². The molecule has 4 rings (SSSR count). The molecular formula is C27H24F2N4O5. The molecule has 2 aromatic carbocycles. The topological polar surface area (TPSA) is 116 Å². The number of ether oxygens (including phenoxy) is 2. The van der Waals surface area contributed by atoms with Gasteiger partial charge in [0.1, 0.15) is 17.7 Å². The quantitative estimate of drug-likeness (QED) is 0.314. The maximum Gasteiger partial charge on any atom is 0.311 e. The molecule has 1 N–H and O–H groups in total. The zero-order chi connectivity index (χ0) is 27.2. The number of hydrogen-bond acceptors (Lipinski definition) is 8. The van der Waals surface area contributed by atoms with Crippen LogP contribution in [-0.2, 0) is 4.79 Å². The Morgan fingerprint density at radius 2 is 1.61 bits per heavy atom. The van der Waals surface area contributed by atoms with E-state index in [9.17, 15) is 18.4 Å². The lowest BCUT2D eigenvalue weighted by atomic mass is 9.90. The van der Waals surface area contributed by atoms with Gasteiger partial charge in [-0.15, -0.1) is 0 Å². The van der Waals surface area contributed by atoms with Crippen LogP contribution in [0.15, 0.2) is 65.3 Å². The summed E-state index contributed by atoms with van der Waals surface area (Å²) < 4.78 is 43.1. The Hall–Kier alpha value is -4.67. The molecule has 0 spiro atoms. The number of benzene rings is 2. The molecule has 11 heteroatoms. The summed E-state index contributed by atoms with van der Waals surface area (Å²) in [5.41, 5.74) is 1.16. The Bertz CT molecular complexity index is 1380. The van der Waals surface area contributed by atoms with Crippen molar-refractivity contribution in [2.45, 2.75) is 32.2 Å². The van der Waals surface area contributed by atoms with Crippen molar-refractivity contribution in [1.29, 1.82) is 0 Å². The lowest BCUT2D eigenvalue weighted by molar-refractivity contribution is -0.134. The van der Waals surface area contributed by atoms with Crippen LogP contribution in [0.1, 0.15) is 65.6 Å². The number of carbonyl (C=O) groups is 2. The normalized spacial score (nSPS) is 11.7. The van der Waals surface area contributed by atoms with Crippen LogP contribution in [0.3, 0.4) is 0 Å². The lowest BCUT2D eigenvalue weighted by Gasteiger charge is -2.15. The highest BCUT2D eigenvalue weighted by atomic mass is 19.1. The Kier molecular flexibility index (Phi) is 8.05. The summed E-state index contributed by atoms with van der Waals surface area (Å²) in [6.45, 7) is 3.24. The van der Waals surface area contributed by atoms with Gasteiger partial charge in [-0.05, 0) is 42.3 Å². The molecule has 0 fully saturated rings. The van der Waals surface area contributed by atoms with E-state index in [4.69, 9.17) is 14.0 Å². The number of esters is 1. The molecule has 4 aromatic rings. The maximum atomic E-state index is 13.6. The zero-order valence-corrected chi connectivity index (χ0v) is 20.8. The molecule has 2 aromatic heterocycles. The van der Waals surface area contributed by atoms with E-state index in [1.807, 2.05) is 0 Å². The van der Waals surface area contributed by atoms with Crippen molar-refractivity contribution in [2.24, 2.45) is 0 Å². The summed E-state index contributed by atoms with van der Waals surface area (Å²) in [5, 5.41) is 6.78. The number of amides is 1. The van der Waals surface area contributed by atoms with Gasteiger partial charge in [0.15, 0.2) is 17.3 Å². The van der Waals surface area contributed by atoms with Crippen molar-refractivity contribution in [1.82, 2.24) is 20.4 Å². The number of nitrogens with zero attached hydrogens (tertiary/aromatic N) is 3. The molecule has 1 atom stereocenters. The van der Waals surface area contributed by atoms with Gasteiger partial charge in [0.05, 0.1) is 13.0 Å². The third-order valence-corrected chi connectivity index (χ3v) is 5.65. The third-order valence-electron chi connectivity index (χ3n) is 5.65. The van der Waals surface area contributed by atoms with Gasteiger partial charge in [-0.3, -0.25) is 9.59 Å². The number of halogens is 2. The van der Waals surface area contributed by atoms with Crippen LogP contribution in [0.5, 0.6) is 11.5 Å². The SMILES string of the molecule is CCC(=O)Oc1c(OC)ccnc1C(=O)N[C@@H](C)c1nc(C(c2ccc(F)cc2)c2ccc(F)cc2)no1. The monoisotopic (exact) mass is 522 g/mol. The first kappa shape index (κ1) is 26.4. The van der Waals surface area contributed by atoms with Crippen molar-refractivity contribution in [3.8, 4) is 11.5 Å². The van der Waals surface area contributed by atoms with Gasteiger partial charge in [-0.2, -0.15) is 4.98 Å². The summed E-state index contributed by atoms with van der Waals surface area (Å²) in [5.74, 6) is -2.26. The number of aromatic nitrogens is 3. The predicted octanol–water partition coefficient (Wildman–Crippen LogP) is 4.74. The summed E-state index contributed by atoms with van der Waals surface area (Å²) in [7, 11) is 1.38. The summed E-state index contributed by atoms with van der Waals surface area (Å²) in [4.78, 5) is 33.5. The van der Waals surface area contributed by atoms with Gasteiger partial charge in [0.25, 0.3) is 5.91 Å². The third kappa shape index (κ3) is 5.83. The molecule has 0 unspecified atom stereocenters. The van der Waals surface area contributed by atoms with Gasteiger partial charge in [-0.25, -0.2) is 13.8 Å². The Morgan fingerprint density at radius 1 is 1.00 bits per heavy atom. The molecule has 0 saturated heterocycles. The Labute approximate surface area is 216 Å². The van der Waals surface area contributed by atoms with E-state index in [0.29, 0.717) is 11.1 Å². The highest BCUT2D eigenvalue weighted by molar-refractivity contribution is 5.96. The van der Waals surface area contributed by atoms with Gasteiger partial charge < -0.3 is 19.3 Å². The van der Waals surface area contributed by atoms with E-state index >= 15 is 0 Å². The maximum absolute atomic E-state index is 13.6. The molecule has 38 heavy (non-hydrogen) atoms. The van der Waals surface area contributed by atoms with Crippen LogP contribution in [0.2, 0.25) is 0 Å². The molecule has 0 radical (unpaired) electrons. The minimum absolute atomic E-state index is 0.0811. The predicted molar refractivity (Wildman–Crippen MR) is 131 cm³/mol. The highest BCUT2D eigenvalue weighted by Gasteiger charge is 2.27. The fourth-order valence-electron chi connectivity index (χ4n) is 3.71. The lowest BCUT2D eigenvalue weighted by Crippen LogP contribution is -2.28. The first-order chi connectivity index (χ1) is 18.3. The standard InChI is InChI=1S/C27H24F2N4O5/c1-4-21(34)37-24-20(36-3)13-14-30-23(24)26(35)31-15(2)27-32-25(33-38-27)22(16-5-9-18(28)10-6-16)17-7-11-19(29)12-8-17/h5-15,22H,4H2,1-3H3,(H,31,35)/t15-/m0/s1. The number of carbonyl (C=O) groups excluding carboxylic acids is 2. The average Bonchev–Trinajstić information content (AvgIpc) is 3.41. The van der Waals surface area contributed by atoms with Crippen LogP contribution in [0, 0.1) is 11.6 Å². The van der Waals surface area contributed by atoms with Crippen LogP contribution < -0.4 is 14.8 Å². The van der Waals surface area contributed by atoms with Crippen molar-refractivity contribution in [2.75, 3.05) is 7.11 Å². The fraction of sp³-hybridized carbons (Fsp3) is 0.222. The number of hydrogen-bond donors (Lipinski definition) is 1. The smallest absolute Gasteiger partial charge is 0.311 e. The van der Waals surface area contributed by atoms with E-state index in [2.05, 4.69) is 20.4 Å². The zero-order valence-electron chi connectivity index (χ0n) is 20.8. The van der Waals surface area contributed by atoms with Crippen LogP contribution in [-0.4, -0.2) is 34.1 Å². The molecular weight excluding hydrogens is 498 g/mol. The molecule has 0 aliphatic carbocycles. The number of pyridine rings is 1. The van der Waals surface area contributed by atoms with Gasteiger partial charge >= 0.3 is 5.97 Å². The molecule has 9 nitrogen and oxygen atoms in total. The summed E-state index contributed by atoms with van der Waals surface area (Å²) in [6.07, 6.45) is 1.44. The van der Waals surface area contributed by atoms with E-state index in [-0.39, 0.29) is 35.3 Å². The molecule has 0 aliphatic rings. The molecule has 196 valence electrons. The number of rotatable bonds is 9. The number of methoxy groups -OCH3 is 1. The second-order valence-corrected chi connectivity index (χ2v) is 8.24. The van der Waals surface area contributed by atoms with E-state index in [1.54, 1.807) is 38.1 Å². The van der Waals surface area contributed by atoms with Crippen LogP contribution in [0.4, 0.5) is 8.78 Å². The molecule has 2 heterocycles. The first-order valence-corrected chi connectivity index (χ1v) is 11.7. The van der Waals surface area contributed by atoms with Gasteiger partial charge in [0, 0.05) is 18.7 Å². The minimum Gasteiger partial charge on any atom is -0.493 e. The Morgan fingerprint density at radius 3 is 2.16 bits per heavy atom. The average molecular weight is 523 g/mol. The largest absolute Gasteiger partial charge is 0.493 e. The fourth-order valence-corrected chi connectivity index (χ4v) is 3.71. The van der Waals surface area contributed by atoms with Crippen molar-refractivity contribution in [3.63, 3.8) is 0 Å². The van der Waals surface area contributed by atoms with E-state index in [0.717, 1.165) is 0 Å². The van der Waals surface area contributed by atoms with Crippen molar-refractivity contribution in [3.05, 3.63) is 101 Å². The molecule has 0 saturated carbocycles.